The molecule has 0 radical (unpaired) electrons. The van der Waals surface area contributed by atoms with Crippen LogP contribution in [-0.4, -0.2) is 96.4 Å². The number of carbonyl (C=O) groups is 2. The van der Waals surface area contributed by atoms with E-state index in [0.29, 0.717) is 16.4 Å². The number of benzene rings is 1. The molecule has 0 bridgehead atoms. The zero-order valence-electron chi connectivity index (χ0n) is 23.4. The van der Waals surface area contributed by atoms with Crippen LogP contribution >= 0.6 is 11.3 Å². The number of aliphatic imine (C=N–C) groups is 1. The van der Waals surface area contributed by atoms with Crippen molar-refractivity contribution in [3.8, 4) is 0 Å². The molecule has 3 atom stereocenters. The summed E-state index contributed by atoms with van der Waals surface area (Å²) in [6, 6.07) is 2.32. The van der Waals surface area contributed by atoms with E-state index in [4.69, 9.17) is 0 Å². The Bertz CT molecular complexity index is 1630. The van der Waals surface area contributed by atoms with Crippen LogP contribution in [-0.2, 0) is 15.0 Å². The number of alkyl halides is 2. The van der Waals surface area contributed by atoms with Crippen molar-refractivity contribution in [2.45, 2.75) is 44.2 Å². The zero-order valence-corrected chi connectivity index (χ0v) is 24.2. The second-order valence-corrected chi connectivity index (χ2v) is 12.4. The van der Waals surface area contributed by atoms with Crippen molar-refractivity contribution in [3.63, 3.8) is 0 Å². The number of tetrazole rings is 1. The van der Waals surface area contributed by atoms with Gasteiger partial charge in [0.25, 0.3) is 5.92 Å². The maximum absolute atomic E-state index is 15.5. The first-order valence-corrected chi connectivity index (χ1v) is 14.4. The predicted octanol–water partition coefficient (Wildman–Crippen LogP) is 2.29. The van der Waals surface area contributed by atoms with E-state index < -0.39 is 53.6 Å². The van der Waals surface area contributed by atoms with Gasteiger partial charge in [0.2, 0.25) is 5.91 Å². The number of thiazole rings is 1. The van der Waals surface area contributed by atoms with Crippen molar-refractivity contribution in [3.05, 3.63) is 68.8 Å². The Balaban J connectivity index is 1.35. The smallest absolute Gasteiger partial charge is 0.335 e. The van der Waals surface area contributed by atoms with Crippen molar-refractivity contribution < 1.29 is 27.9 Å². The molecule has 0 aliphatic carbocycles. The molecule has 0 spiro atoms. The fourth-order valence-electron chi connectivity index (χ4n) is 6.14. The number of aromatic nitrogens is 5. The minimum atomic E-state index is -3.35. The Kier molecular flexibility index (Phi) is 7.07. The van der Waals surface area contributed by atoms with E-state index in [1.165, 1.54) is 40.2 Å². The summed E-state index contributed by atoms with van der Waals surface area (Å²) in [5.41, 5.74) is -0.277. The molecule has 3 aromatic rings. The molecule has 12 nitrogen and oxygen atoms in total. The number of hydrogen-bond donors (Lipinski definition) is 3. The lowest BCUT2D eigenvalue weighted by Crippen LogP contribution is -2.45. The lowest BCUT2D eigenvalue weighted by molar-refractivity contribution is -0.140. The summed E-state index contributed by atoms with van der Waals surface area (Å²) in [5.74, 6) is -6.89. The molecule has 2 fully saturated rings. The Morgan fingerprint density at radius 2 is 2.09 bits per heavy atom. The molecule has 226 valence electrons. The van der Waals surface area contributed by atoms with E-state index in [-0.39, 0.29) is 42.3 Å². The molecule has 43 heavy (non-hydrogen) atoms. The number of amidine groups is 1. The molecule has 2 unspecified atom stereocenters. The molecule has 0 saturated carbocycles. The van der Waals surface area contributed by atoms with Crippen LogP contribution in [0.5, 0.6) is 0 Å². The number of halogens is 3. The topological polar surface area (TPSA) is 153 Å². The van der Waals surface area contributed by atoms with Gasteiger partial charge >= 0.3 is 5.97 Å². The molecule has 6 rings (SSSR count). The molecule has 5 heterocycles. The molecular formula is C27H28F3N9O3S. The third-order valence-electron chi connectivity index (χ3n) is 8.20. The first-order valence-electron chi connectivity index (χ1n) is 13.5. The number of nitrogens with one attached hydrogen (secondary N) is 2. The van der Waals surface area contributed by atoms with Crippen molar-refractivity contribution in [1.29, 1.82) is 0 Å². The predicted molar refractivity (Wildman–Crippen MR) is 148 cm³/mol. The Labute approximate surface area is 247 Å². The van der Waals surface area contributed by atoms with E-state index in [1.54, 1.807) is 31.5 Å². The van der Waals surface area contributed by atoms with Crippen LogP contribution in [0.4, 0.5) is 13.2 Å². The fraction of sp³-hybridized carbons (Fsp3) is 0.444. The van der Waals surface area contributed by atoms with Gasteiger partial charge in [0.05, 0.1) is 12.1 Å². The quantitative estimate of drug-likeness (QED) is 0.347. The summed E-state index contributed by atoms with van der Waals surface area (Å²) in [7, 11) is 0. The molecule has 16 heteroatoms. The minimum absolute atomic E-state index is 0.00984. The summed E-state index contributed by atoms with van der Waals surface area (Å²) in [6.45, 7) is 4.24. The van der Waals surface area contributed by atoms with Crippen LogP contribution in [0.15, 0.2) is 46.0 Å². The molecular weight excluding hydrogens is 587 g/mol. The number of carboxylic acid groups (broad SMARTS) is 1. The zero-order chi connectivity index (χ0) is 30.7. The normalized spacial score (nSPS) is 23.9. The SMILES string of the molecule is Cc1c(F)cccc1[C@@H]1N=C(c2nccs2)NC(CN2CC(F)(F)C3C(=O)N(CC(C)(C)c4nn[nH]n4)CC32)=C1C(=O)O. The summed E-state index contributed by atoms with van der Waals surface area (Å²) in [4.78, 5) is 37.8. The summed E-state index contributed by atoms with van der Waals surface area (Å²) < 4.78 is 45.5. The van der Waals surface area contributed by atoms with Crippen LogP contribution in [0.2, 0.25) is 0 Å². The van der Waals surface area contributed by atoms with Gasteiger partial charge in [-0.25, -0.2) is 22.9 Å². The standard InChI is InChI=1S/C27H28F3N9O3S/c1-13-14(5-4-6-15(13)28)20-18(24(41)42)16(32-21(33-20)22-31-7-8-43-22)9-38-12-27(29,30)19-17(38)10-39(23(19)40)11-26(2,3)25-34-36-37-35-25/h4-8,17,19-20H,9-12H2,1-3H3,(H,32,33)(H,41,42)(H,34,35,36,37)/t17?,19?,20-/m0/s1. The number of hydrogen-bond acceptors (Lipinski definition) is 10. The van der Waals surface area contributed by atoms with E-state index in [1.807, 2.05) is 0 Å². The van der Waals surface area contributed by atoms with Crippen molar-refractivity contribution >= 4 is 29.0 Å². The Morgan fingerprint density at radius 3 is 2.77 bits per heavy atom. The highest BCUT2D eigenvalue weighted by molar-refractivity contribution is 7.11. The number of nitrogens with zero attached hydrogens (tertiary/aromatic N) is 7. The number of rotatable bonds is 8. The molecule has 3 aliphatic heterocycles. The molecule has 2 aromatic heterocycles. The summed E-state index contributed by atoms with van der Waals surface area (Å²) in [6.07, 6.45) is 1.56. The van der Waals surface area contributed by atoms with Gasteiger partial charge in [0.1, 0.15) is 17.8 Å². The van der Waals surface area contributed by atoms with E-state index in [0.717, 1.165) is 0 Å². The fourth-order valence-corrected chi connectivity index (χ4v) is 6.73. The highest BCUT2D eigenvalue weighted by Crippen LogP contribution is 2.45. The van der Waals surface area contributed by atoms with Gasteiger partial charge in [-0.1, -0.05) is 31.2 Å². The van der Waals surface area contributed by atoms with Gasteiger partial charge in [-0.3, -0.25) is 14.7 Å². The number of carbonyl (C=O) groups excluding carboxylic acids is 1. The van der Waals surface area contributed by atoms with Crippen LogP contribution in [0, 0.1) is 18.7 Å². The van der Waals surface area contributed by atoms with Crippen molar-refractivity contribution in [2.24, 2.45) is 10.9 Å². The largest absolute Gasteiger partial charge is 0.478 e. The van der Waals surface area contributed by atoms with Gasteiger partial charge in [-0.15, -0.1) is 21.5 Å². The van der Waals surface area contributed by atoms with Crippen LogP contribution < -0.4 is 5.32 Å². The highest BCUT2D eigenvalue weighted by Gasteiger charge is 2.63. The first kappa shape index (κ1) is 28.9. The van der Waals surface area contributed by atoms with Gasteiger partial charge in [0, 0.05) is 48.4 Å². The average Bonchev–Trinajstić information content (AvgIpc) is 3.74. The second-order valence-electron chi connectivity index (χ2n) is 11.5. The van der Waals surface area contributed by atoms with Crippen LogP contribution in [0.1, 0.15) is 41.8 Å². The maximum Gasteiger partial charge on any atom is 0.335 e. The third-order valence-corrected chi connectivity index (χ3v) is 8.98. The lowest BCUT2D eigenvalue weighted by Gasteiger charge is -2.32. The van der Waals surface area contributed by atoms with Gasteiger partial charge in [-0.05, 0) is 24.1 Å². The monoisotopic (exact) mass is 615 g/mol. The Morgan fingerprint density at radius 1 is 1.30 bits per heavy atom. The van der Waals surface area contributed by atoms with Crippen molar-refractivity contribution in [1.82, 2.24) is 40.7 Å². The van der Waals surface area contributed by atoms with Gasteiger partial charge < -0.3 is 15.3 Å². The average molecular weight is 616 g/mol. The molecule has 1 aromatic carbocycles. The second kappa shape index (κ2) is 10.5. The number of aliphatic carboxylic acids is 1. The highest BCUT2D eigenvalue weighted by atomic mass is 32.1. The van der Waals surface area contributed by atoms with E-state index in [9.17, 15) is 19.1 Å². The minimum Gasteiger partial charge on any atom is -0.478 e. The molecule has 2 saturated heterocycles. The maximum atomic E-state index is 15.5. The summed E-state index contributed by atoms with van der Waals surface area (Å²) in [5, 5.41) is 29.5. The van der Waals surface area contributed by atoms with Gasteiger partial charge in [0.15, 0.2) is 16.7 Å². The Hall–Kier alpha value is -4.18. The third kappa shape index (κ3) is 5.07. The molecule has 1 amide bonds. The number of carboxylic acids is 1. The van der Waals surface area contributed by atoms with E-state index in [2.05, 4.69) is 35.9 Å². The number of aromatic amines is 1. The number of amides is 1. The first-order chi connectivity index (χ1) is 20.4. The molecule has 3 aliphatic rings. The number of H-pyrrole nitrogens is 1. The van der Waals surface area contributed by atoms with Crippen LogP contribution in [0.25, 0.3) is 0 Å². The molecule has 3 N–H and O–H groups in total. The lowest BCUT2D eigenvalue weighted by atomic mass is 9.92. The van der Waals surface area contributed by atoms with Crippen LogP contribution in [0.3, 0.4) is 0 Å². The summed E-state index contributed by atoms with van der Waals surface area (Å²) >= 11 is 1.26. The number of fused-ring (bicyclic) bond motifs is 1. The van der Waals surface area contributed by atoms with E-state index >= 15 is 8.78 Å². The van der Waals surface area contributed by atoms with Gasteiger partial charge in [-0.2, -0.15) is 5.21 Å². The van der Waals surface area contributed by atoms with Crippen molar-refractivity contribution in [2.75, 3.05) is 26.2 Å². The number of likely N-dealkylation sites (tertiary alicyclic amines) is 2.